The van der Waals surface area contributed by atoms with E-state index in [9.17, 15) is 0 Å². The zero-order chi connectivity index (χ0) is 13.9. The molecule has 0 spiro atoms. The number of nitrogens with zero attached hydrogens (tertiary/aromatic N) is 2. The number of alkyl halides is 2. The Morgan fingerprint density at radius 1 is 1.21 bits per heavy atom. The van der Waals surface area contributed by atoms with E-state index in [1.165, 1.54) is 11.1 Å². The lowest BCUT2D eigenvalue weighted by Crippen LogP contribution is -2.32. The summed E-state index contributed by atoms with van der Waals surface area (Å²) >= 11 is 13.3. The topological polar surface area (TPSA) is 17.8 Å². The Morgan fingerprint density at radius 2 is 1.84 bits per heavy atom. The standard InChI is InChI=1S/C14H15Br2ClN2/c1-19-8-11(7-18-19)6-14(9-15,10-16)12-2-4-13(17)5-3-12/h2-5,7-8H,6,9-10H2,1H3. The lowest BCUT2D eigenvalue weighted by Gasteiger charge is -2.30. The highest BCUT2D eigenvalue weighted by molar-refractivity contribution is 9.09. The second-order valence-corrected chi connectivity index (χ2v) is 6.31. The van der Waals surface area contributed by atoms with Gasteiger partial charge in [0.2, 0.25) is 0 Å². The number of rotatable bonds is 5. The van der Waals surface area contributed by atoms with Crippen LogP contribution in [0.1, 0.15) is 11.1 Å². The molecular weight excluding hydrogens is 391 g/mol. The molecule has 5 heteroatoms. The van der Waals surface area contributed by atoms with Crippen molar-refractivity contribution in [2.24, 2.45) is 7.05 Å². The molecule has 2 nitrogen and oxygen atoms in total. The van der Waals surface area contributed by atoms with E-state index in [0.717, 1.165) is 22.1 Å². The van der Waals surface area contributed by atoms with Gasteiger partial charge >= 0.3 is 0 Å². The van der Waals surface area contributed by atoms with Crippen molar-refractivity contribution in [2.75, 3.05) is 10.7 Å². The van der Waals surface area contributed by atoms with Gasteiger partial charge in [0.1, 0.15) is 0 Å². The molecule has 0 unspecified atom stereocenters. The lowest BCUT2D eigenvalue weighted by molar-refractivity contribution is 0.551. The molecule has 0 amide bonds. The van der Waals surface area contributed by atoms with E-state index in [1.54, 1.807) is 0 Å². The fraction of sp³-hybridized carbons (Fsp3) is 0.357. The van der Waals surface area contributed by atoms with Gasteiger partial charge < -0.3 is 0 Å². The third kappa shape index (κ3) is 3.41. The predicted molar refractivity (Wildman–Crippen MR) is 87.6 cm³/mol. The normalized spacial score (nSPS) is 11.8. The highest BCUT2D eigenvalue weighted by atomic mass is 79.9. The van der Waals surface area contributed by atoms with E-state index in [2.05, 4.69) is 55.3 Å². The lowest BCUT2D eigenvalue weighted by atomic mass is 9.80. The molecule has 0 saturated carbocycles. The van der Waals surface area contributed by atoms with Crippen LogP contribution in [-0.4, -0.2) is 20.4 Å². The fourth-order valence-electron chi connectivity index (χ4n) is 2.14. The molecular formula is C14H15Br2ClN2. The van der Waals surface area contributed by atoms with Gasteiger partial charge in [-0.3, -0.25) is 4.68 Å². The first kappa shape index (κ1) is 15.1. The van der Waals surface area contributed by atoms with Gasteiger partial charge in [0.15, 0.2) is 0 Å². The number of aryl methyl sites for hydroxylation is 1. The van der Waals surface area contributed by atoms with Crippen molar-refractivity contribution in [3.8, 4) is 0 Å². The summed E-state index contributed by atoms with van der Waals surface area (Å²) in [5, 5.41) is 6.76. The second-order valence-electron chi connectivity index (χ2n) is 4.75. The number of aromatic nitrogens is 2. The third-order valence-electron chi connectivity index (χ3n) is 3.27. The van der Waals surface area contributed by atoms with E-state index >= 15 is 0 Å². The maximum atomic E-state index is 5.97. The summed E-state index contributed by atoms with van der Waals surface area (Å²) in [6.45, 7) is 0. The first-order valence-electron chi connectivity index (χ1n) is 5.95. The highest BCUT2D eigenvalue weighted by Crippen LogP contribution is 2.33. The van der Waals surface area contributed by atoms with E-state index in [1.807, 2.05) is 30.1 Å². The van der Waals surface area contributed by atoms with Crippen LogP contribution in [0.15, 0.2) is 36.7 Å². The Labute approximate surface area is 135 Å². The summed E-state index contributed by atoms with van der Waals surface area (Å²) in [7, 11) is 1.94. The van der Waals surface area contributed by atoms with Crippen LogP contribution >= 0.6 is 43.5 Å². The van der Waals surface area contributed by atoms with Crippen LogP contribution in [-0.2, 0) is 18.9 Å². The van der Waals surface area contributed by atoms with Crippen LogP contribution in [0.25, 0.3) is 0 Å². The van der Waals surface area contributed by atoms with Gasteiger partial charge in [-0.1, -0.05) is 55.6 Å². The van der Waals surface area contributed by atoms with Gasteiger partial charge in [-0.15, -0.1) is 0 Å². The maximum absolute atomic E-state index is 5.97. The van der Waals surface area contributed by atoms with Crippen molar-refractivity contribution in [3.05, 3.63) is 52.8 Å². The van der Waals surface area contributed by atoms with E-state index in [-0.39, 0.29) is 5.41 Å². The quantitative estimate of drug-likeness (QED) is 0.676. The van der Waals surface area contributed by atoms with Gasteiger partial charge in [-0.05, 0) is 29.7 Å². The van der Waals surface area contributed by atoms with E-state index < -0.39 is 0 Å². The van der Waals surface area contributed by atoms with E-state index in [0.29, 0.717) is 0 Å². The summed E-state index contributed by atoms with van der Waals surface area (Å²) in [4.78, 5) is 0. The molecule has 102 valence electrons. The van der Waals surface area contributed by atoms with Gasteiger partial charge in [0.05, 0.1) is 6.20 Å². The second kappa shape index (κ2) is 6.42. The molecule has 0 fully saturated rings. The molecule has 1 heterocycles. The molecule has 0 aliphatic heterocycles. The van der Waals surface area contributed by atoms with Crippen LogP contribution in [0.2, 0.25) is 5.02 Å². The molecule has 0 atom stereocenters. The maximum Gasteiger partial charge on any atom is 0.0521 e. The Hall–Kier alpha value is -0.320. The van der Waals surface area contributed by atoms with Gasteiger partial charge in [-0.25, -0.2) is 0 Å². The minimum Gasteiger partial charge on any atom is -0.276 e. The summed E-state index contributed by atoms with van der Waals surface area (Å²) in [6, 6.07) is 8.09. The monoisotopic (exact) mass is 404 g/mol. The van der Waals surface area contributed by atoms with Crippen molar-refractivity contribution in [3.63, 3.8) is 0 Å². The van der Waals surface area contributed by atoms with Crippen molar-refractivity contribution in [1.29, 1.82) is 0 Å². The zero-order valence-electron chi connectivity index (χ0n) is 10.6. The summed E-state index contributed by atoms with van der Waals surface area (Å²) in [6.07, 6.45) is 4.92. The average Bonchev–Trinajstić information content (AvgIpc) is 2.82. The van der Waals surface area contributed by atoms with Crippen molar-refractivity contribution >= 4 is 43.5 Å². The highest BCUT2D eigenvalue weighted by Gasteiger charge is 2.30. The molecule has 19 heavy (non-hydrogen) atoms. The molecule has 1 aromatic heterocycles. The molecule has 2 rings (SSSR count). The number of halogens is 3. The Morgan fingerprint density at radius 3 is 2.32 bits per heavy atom. The van der Waals surface area contributed by atoms with Crippen molar-refractivity contribution in [1.82, 2.24) is 9.78 Å². The van der Waals surface area contributed by atoms with Gasteiger partial charge in [0.25, 0.3) is 0 Å². The Kier molecular flexibility index (Phi) is 5.09. The zero-order valence-corrected chi connectivity index (χ0v) is 14.5. The van der Waals surface area contributed by atoms with Gasteiger partial charge in [-0.2, -0.15) is 5.10 Å². The first-order valence-corrected chi connectivity index (χ1v) is 8.57. The average molecular weight is 407 g/mol. The van der Waals surface area contributed by atoms with Crippen LogP contribution < -0.4 is 0 Å². The molecule has 1 aromatic carbocycles. The fourth-order valence-corrected chi connectivity index (χ4v) is 4.24. The van der Waals surface area contributed by atoms with Crippen LogP contribution in [0, 0.1) is 0 Å². The molecule has 0 saturated heterocycles. The molecule has 0 aliphatic carbocycles. The summed E-state index contributed by atoms with van der Waals surface area (Å²) < 4.78 is 1.84. The SMILES string of the molecule is Cn1cc(CC(CBr)(CBr)c2ccc(Cl)cc2)cn1. The molecule has 2 aromatic rings. The molecule has 0 N–H and O–H groups in total. The number of benzene rings is 1. The van der Waals surface area contributed by atoms with Crippen molar-refractivity contribution in [2.45, 2.75) is 11.8 Å². The minimum atomic E-state index is 0.00756. The Bertz CT molecular complexity index is 533. The predicted octanol–water partition coefficient (Wildman–Crippen LogP) is 4.34. The number of hydrogen-bond acceptors (Lipinski definition) is 1. The minimum absolute atomic E-state index is 0.00756. The van der Waals surface area contributed by atoms with Crippen LogP contribution in [0.5, 0.6) is 0 Å². The molecule has 0 bridgehead atoms. The van der Waals surface area contributed by atoms with Crippen molar-refractivity contribution < 1.29 is 0 Å². The first-order chi connectivity index (χ1) is 9.09. The smallest absolute Gasteiger partial charge is 0.0521 e. The van der Waals surface area contributed by atoms with Gasteiger partial charge in [0, 0.05) is 34.3 Å². The molecule has 0 aliphatic rings. The van der Waals surface area contributed by atoms with Crippen LogP contribution in [0.4, 0.5) is 0 Å². The summed E-state index contributed by atoms with van der Waals surface area (Å²) in [5.41, 5.74) is 2.51. The molecule has 0 radical (unpaired) electrons. The summed E-state index contributed by atoms with van der Waals surface area (Å²) in [5.74, 6) is 0. The van der Waals surface area contributed by atoms with E-state index in [4.69, 9.17) is 11.6 Å². The largest absolute Gasteiger partial charge is 0.276 e. The number of hydrogen-bond donors (Lipinski definition) is 0. The third-order valence-corrected chi connectivity index (χ3v) is 5.67. The Balaban J connectivity index is 2.33. The van der Waals surface area contributed by atoms with Crippen LogP contribution in [0.3, 0.4) is 0 Å².